The molecule has 0 radical (unpaired) electrons. The molecule has 2 N–H and O–H groups in total. The summed E-state index contributed by atoms with van der Waals surface area (Å²) in [6.07, 6.45) is -4.86. The van der Waals surface area contributed by atoms with Crippen LogP contribution in [0, 0.1) is 0 Å². The zero-order valence-corrected chi connectivity index (χ0v) is 19.5. The quantitative estimate of drug-likeness (QED) is 0.313. The van der Waals surface area contributed by atoms with Crippen LogP contribution in [-0.4, -0.2) is 24.2 Å². The van der Waals surface area contributed by atoms with E-state index in [1.807, 2.05) is 6.07 Å². The van der Waals surface area contributed by atoms with Crippen LogP contribution in [0.3, 0.4) is 0 Å². The van der Waals surface area contributed by atoms with Gasteiger partial charge < -0.3 is 19.0 Å². The fourth-order valence-electron chi connectivity index (χ4n) is 3.80. The van der Waals surface area contributed by atoms with E-state index in [0.717, 1.165) is 11.6 Å². The Hall–Kier alpha value is -4.31. The Morgan fingerprint density at radius 2 is 1.68 bits per heavy atom. The standard InChI is InChI=1S/C27H22F3NO6/c1-35-26(34)20(14-16-8-4-2-5-9-16)31-15-19-21(32)13-12-18-22(33)24(36-17-10-6-3-7-11-17)25(27(28,29)30)37-23(18)19/h2-13,20,31-32H,14-15H2,1H3. The maximum Gasteiger partial charge on any atom is 0.453 e. The summed E-state index contributed by atoms with van der Waals surface area (Å²) in [5.74, 6) is -3.68. The second kappa shape index (κ2) is 10.8. The van der Waals surface area contributed by atoms with Gasteiger partial charge in [0.15, 0.2) is 0 Å². The fourth-order valence-corrected chi connectivity index (χ4v) is 3.80. The molecular weight excluding hydrogens is 491 g/mol. The normalized spacial score (nSPS) is 12.3. The number of benzene rings is 3. The molecule has 1 aromatic heterocycles. The topological polar surface area (TPSA) is 98.0 Å². The van der Waals surface area contributed by atoms with E-state index in [1.54, 1.807) is 42.5 Å². The van der Waals surface area contributed by atoms with E-state index in [-0.39, 0.29) is 29.7 Å². The molecule has 0 spiro atoms. The first-order valence-corrected chi connectivity index (χ1v) is 11.2. The first kappa shape index (κ1) is 25.8. The zero-order valence-electron chi connectivity index (χ0n) is 19.5. The highest BCUT2D eigenvalue weighted by molar-refractivity contribution is 5.84. The summed E-state index contributed by atoms with van der Waals surface area (Å²) in [6.45, 7) is -0.297. The number of hydrogen-bond acceptors (Lipinski definition) is 7. The van der Waals surface area contributed by atoms with Gasteiger partial charge in [-0.05, 0) is 36.2 Å². The number of aromatic hydroxyl groups is 1. The van der Waals surface area contributed by atoms with Crippen molar-refractivity contribution in [2.24, 2.45) is 0 Å². The van der Waals surface area contributed by atoms with E-state index in [4.69, 9.17) is 13.9 Å². The van der Waals surface area contributed by atoms with Crippen molar-refractivity contribution in [3.8, 4) is 17.2 Å². The average molecular weight is 513 g/mol. The molecule has 4 aromatic rings. The smallest absolute Gasteiger partial charge is 0.453 e. The highest BCUT2D eigenvalue weighted by atomic mass is 19.4. The summed E-state index contributed by atoms with van der Waals surface area (Å²) >= 11 is 0. The highest BCUT2D eigenvalue weighted by Gasteiger charge is 2.41. The molecule has 4 rings (SSSR count). The molecule has 3 aromatic carbocycles. The molecule has 1 atom stereocenters. The summed E-state index contributed by atoms with van der Waals surface area (Å²) in [5, 5.41) is 13.1. The Bertz CT molecular complexity index is 1450. The van der Waals surface area contributed by atoms with E-state index < -0.39 is 46.5 Å². The van der Waals surface area contributed by atoms with Crippen LogP contribution >= 0.6 is 0 Å². The molecule has 1 unspecified atom stereocenters. The number of carbonyl (C=O) groups is 1. The number of para-hydroxylation sites is 1. The Morgan fingerprint density at radius 1 is 1.03 bits per heavy atom. The first-order chi connectivity index (χ1) is 17.7. The molecule has 0 aliphatic heterocycles. The number of phenols is 1. The van der Waals surface area contributed by atoms with Crippen molar-refractivity contribution in [1.29, 1.82) is 0 Å². The maximum atomic E-state index is 13.9. The largest absolute Gasteiger partial charge is 0.507 e. The third-order valence-corrected chi connectivity index (χ3v) is 5.61. The molecule has 192 valence electrons. The molecule has 10 heteroatoms. The summed E-state index contributed by atoms with van der Waals surface area (Å²) in [4.78, 5) is 25.5. The van der Waals surface area contributed by atoms with Gasteiger partial charge in [-0.3, -0.25) is 14.9 Å². The number of carbonyl (C=O) groups excluding carboxylic acids is 1. The minimum absolute atomic E-state index is 0.0159. The minimum Gasteiger partial charge on any atom is -0.507 e. The minimum atomic E-state index is -5.07. The second-order valence-electron chi connectivity index (χ2n) is 8.09. The number of esters is 1. The van der Waals surface area contributed by atoms with Gasteiger partial charge in [-0.1, -0.05) is 48.5 Å². The van der Waals surface area contributed by atoms with Gasteiger partial charge in [0.2, 0.25) is 11.2 Å². The zero-order chi connectivity index (χ0) is 26.6. The molecule has 1 heterocycles. The van der Waals surface area contributed by atoms with Gasteiger partial charge in [-0.25, -0.2) is 0 Å². The summed E-state index contributed by atoms with van der Waals surface area (Å²) in [5.41, 5.74) is -0.865. The van der Waals surface area contributed by atoms with Crippen molar-refractivity contribution in [1.82, 2.24) is 5.32 Å². The Balaban J connectivity index is 1.76. The first-order valence-electron chi connectivity index (χ1n) is 11.2. The number of fused-ring (bicyclic) bond motifs is 1. The van der Waals surface area contributed by atoms with Crippen LogP contribution in [-0.2, 0) is 28.7 Å². The van der Waals surface area contributed by atoms with E-state index >= 15 is 0 Å². The predicted molar refractivity (Wildman–Crippen MR) is 128 cm³/mol. The van der Waals surface area contributed by atoms with Crippen LogP contribution in [0.4, 0.5) is 13.2 Å². The number of halogens is 3. The molecule has 0 aliphatic rings. The second-order valence-corrected chi connectivity index (χ2v) is 8.09. The molecule has 0 saturated carbocycles. The third-order valence-electron chi connectivity index (χ3n) is 5.61. The molecule has 0 amide bonds. The van der Waals surface area contributed by atoms with E-state index in [1.165, 1.54) is 25.3 Å². The van der Waals surface area contributed by atoms with Crippen LogP contribution in [0.5, 0.6) is 17.2 Å². The van der Waals surface area contributed by atoms with Gasteiger partial charge in [-0.15, -0.1) is 0 Å². The van der Waals surface area contributed by atoms with Crippen molar-refractivity contribution in [2.45, 2.75) is 25.2 Å². The van der Waals surface area contributed by atoms with Crippen LogP contribution in [0.25, 0.3) is 11.0 Å². The summed E-state index contributed by atoms with van der Waals surface area (Å²) < 4.78 is 57.2. The number of methoxy groups -OCH3 is 1. The van der Waals surface area contributed by atoms with Gasteiger partial charge in [0.05, 0.1) is 18.1 Å². The van der Waals surface area contributed by atoms with Crippen LogP contribution < -0.4 is 15.5 Å². The van der Waals surface area contributed by atoms with Gasteiger partial charge in [0, 0.05) is 6.54 Å². The average Bonchev–Trinajstić information content (AvgIpc) is 2.88. The van der Waals surface area contributed by atoms with Crippen LogP contribution in [0.1, 0.15) is 16.9 Å². The predicted octanol–water partition coefficient (Wildman–Crippen LogP) is 5.18. The Labute approximate surface area is 209 Å². The highest BCUT2D eigenvalue weighted by Crippen LogP contribution is 2.39. The van der Waals surface area contributed by atoms with Gasteiger partial charge >= 0.3 is 12.1 Å². The third kappa shape index (κ3) is 5.75. The number of phenolic OH excluding ortho intramolecular Hbond substituents is 1. The SMILES string of the molecule is COC(=O)C(Cc1ccccc1)NCc1c(O)ccc2c(=O)c(Oc3ccccc3)c(C(F)(F)F)oc12. The van der Waals surface area contributed by atoms with Crippen LogP contribution in [0.2, 0.25) is 0 Å². The summed E-state index contributed by atoms with van der Waals surface area (Å²) in [7, 11) is 1.21. The molecule has 0 fully saturated rings. The van der Waals surface area contributed by atoms with Crippen molar-refractivity contribution in [3.05, 3.63) is 99.9 Å². The van der Waals surface area contributed by atoms with Crippen molar-refractivity contribution >= 4 is 16.9 Å². The molecule has 0 aliphatic carbocycles. The van der Waals surface area contributed by atoms with Crippen LogP contribution in [0.15, 0.2) is 82.0 Å². The lowest BCUT2D eigenvalue weighted by atomic mass is 10.0. The van der Waals surface area contributed by atoms with E-state index in [0.29, 0.717) is 0 Å². The lowest BCUT2D eigenvalue weighted by Gasteiger charge is -2.18. The number of ether oxygens (including phenoxy) is 2. The lowest BCUT2D eigenvalue weighted by Crippen LogP contribution is -2.39. The van der Waals surface area contributed by atoms with E-state index in [2.05, 4.69) is 5.32 Å². The van der Waals surface area contributed by atoms with Crippen molar-refractivity contribution in [2.75, 3.05) is 7.11 Å². The Kier molecular flexibility index (Phi) is 7.49. The van der Waals surface area contributed by atoms with Crippen molar-refractivity contribution < 1.29 is 37.0 Å². The maximum absolute atomic E-state index is 13.9. The molecular formula is C27H22F3NO6. The number of nitrogens with one attached hydrogen (secondary N) is 1. The van der Waals surface area contributed by atoms with Gasteiger partial charge in [0.25, 0.3) is 5.76 Å². The van der Waals surface area contributed by atoms with Crippen molar-refractivity contribution in [3.63, 3.8) is 0 Å². The molecule has 7 nitrogen and oxygen atoms in total. The van der Waals surface area contributed by atoms with Gasteiger partial charge in [0.1, 0.15) is 23.1 Å². The molecule has 0 saturated heterocycles. The van der Waals surface area contributed by atoms with Gasteiger partial charge in [-0.2, -0.15) is 13.2 Å². The summed E-state index contributed by atoms with van der Waals surface area (Å²) in [6, 6.07) is 18.0. The molecule has 37 heavy (non-hydrogen) atoms. The molecule has 0 bridgehead atoms. The number of hydrogen-bond donors (Lipinski definition) is 2. The number of alkyl halides is 3. The lowest BCUT2D eigenvalue weighted by molar-refractivity contribution is -0.154. The van der Waals surface area contributed by atoms with E-state index in [9.17, 15) is 27.9 Å². The number of rotatable bonds is 8. The monoisotopic (exact) mass is 513 g/mol. The Morgan fingerprint density at radius 3 is 2.30 bits per heavy atom. The fraction of sp³-hybridized carbons (Fsp3) is 0.185.